The van der Waals surface area contributed by atoms with Gasteiger partial charge in [0.25, 0.3) is 5.91 Å². The van der Waals surface area contributed by atoms with Crippen molar-refractivity contribution in [2.75, 3.05) is 10.2 Å². The number of anilines is 2. The molecular formula is C11H11N2O. The Balaban J connectivity index is 2.35. The number of carbonyl (C=O) groups excluding carboxylic acids is 1. The van der Waals surface area contributed by atoms with Gasteiger partial charge in [0.2, 0.25) is 0 Å². The van der Waals surface area contributed by atoms with Gasteiger partial charge < -0.3 is 5.32 Å². The Bertz CT molecular complexity index is 398. The number of fused-ring (bicyclic) bond motifs is 1. The Kier molecular flexibility index (Phi) is 2.00. The number of para-hydroxylation sites is 2. The Morgan fingerprint density at radius 2 is 2.14 bits per heavy atom. The molecule has 1 radical (unpaired) electrons. The molecule has 3 heteroatoms. The van der Waals surface area contributed by atoms with Crippen LogP contribution in [0.15, 0.2) is 36.4 Å². The summed E-state index contributed by atoms with van der Waals surface area (Å²) in [5.74, 6) is -0.0811. The average molecular weight is 187 g/mol. The molecule has 1 aliphatic heterocycles. The third kappa shape index (κ3) is 1.27. The van der Waals surface area contributed by atoms with E-state index in [4.69, 9.17) is 0 Å². The molecule has 0 aliphatic carbocycles. The maximum Gasteiger partial charge on any atom is 0.255 e. The van der Waals surface area contributed by atoms with Gasteiger partial charge in [0.1, 0.15) is 6.67 Å². The van der Waals surface area contributed by atoms with Gasteiger partial charge in [-0.2, -0.15) is 0 Å². The van der Waals surface area contributed by atoms with E-state index >= 15 is 0 Å². The molecule has 1 aromatic rings. The third-order valence-corrected chi connectivity index (χ3v) is 2.10. The summed E-state index contributed by atoms with van der Waals surface area (Å²) in [7, 11) is 0. The second-order valence-electron chi connectivity index (χ2n) is 3.25. The quantitative estimate of drug-likeness (QED) is 0.683. The number of amides is 1. The van der Waals surface area contributed by atoms with Crippen molar-refractivity contribution in [2.24, 2.45) is 0 Å². The second kappa shape index (κ2) is 3.18. The van der Waals surface area contributed by atoms with Crippen LogP contribution in [0.2, 0.25) is 0 Å². The second-order valence-corrected chi connectivity index (χ2v) is 3.25. The number of nitrogens with zero attached hydrogens (tertiary/aromatic N) is 1. The minimum atomic E-state index is -0.0811. The molecule has 0 saturated heterocycles. The highest BCUT2D eigenvalue weighted by atomic mass is 16.2. The molecule has 1 aromatic carbocycles. The van der Waals surface area contributed by atoms with Gasteiger partial charge in [0.15, 0.2) is 0 Å². The van der Waals surface area contributed by atoms with Crippen LogP contribution in [0, 0.1) is 6.67 Å². The van der Waals surface area contributed by atoms with Crippen molar-refractivity contribution < 1.29 is 4.79 Å². The topological polar surface area (TPSA) is 32.3 Å². The normalized spacial score (nSPS) is 13.4. The Labute approximate surface area is 83.0 Å². The summed E-state index contributed by atoms with van der Waals surface area (Å²) in [5, 5.41) is 3.02. The lowest BCUT2D eigenvalue weighted by Crippen LogP contribution is -2.26. The molecule has 0 fully saturated rings. The van der Waals surface area contributed by atoms with Crippen molar-refractivity contribution in [3.63, 3.8) is 0 Å². The zero-order valence-electron chi connectivity index (χ0n) is 7.95. The van der Waals surface area contributed by atoms with E-state index in [1.54, 1.807) is 18.5 Å². The summed E-state index contributed by atoms with van der Waals surface area (Å²) in [4.78, 5) is 13.2. The standard InChI is InChI=1S/C11H11N2O/c1-8(2)11(14)13-7-12-9-5-3-4-6-10(9)13/h3-7,12H,1H2,2H3. The van der Waals surface area contributed by atoms with Crippen molar-refractivity contribution in [3.8, 4) is 0 Å². The minimum Gasteiger partial charge on any atom is -0.360 e. The Morgan fingerprint density at radius 3 is 2.86 bits per heavy atom. The van der Waals surface area contributed by atoms with Crippen molar-refractivity contribution >= 4 is 17.3 Å². The Morgan fingerprint density at radius 1 is 1.43 bits per heavy atom. The summed E-state index contributed by atoms with van der Waals surface area (Å²) in [6.45, 7) is 6.99. The molecule has 2 rings (SSSR count). The predicted molar refractivity (Wildman–Crippen MR) is 56.7 cm³/mol. The SMILES string of the molecule is C=C(C)C(=O)N1[CH]Nc2ccccc21. The van der Waals surface area contributed by atoms with Crippen LogP contribution in [0.3, 0.4) is 0 Å². The van der Waals surface area contributed by atoms with Crippen LogP contribution in [-0.4, -0.2) is 5.91 Å². The first kappa shape index (κ1) is 8.81. The molecular weight excluding hydrogens is 176 g/mol. The highest BCUT2D eigenvalue weighted by Crippen LogP contribution is 2.33. The number of carbonyl (C=O) groups is 1. The van der Waals surface area contributed by atoms with E-state index in [1.807, 2.05) is 24.3 Å². The van der Waals surface area contributed by atoms with Gasteiger partial charge in [-0.05, 0) is 19.1 Å². The lowest BCUT2D eigenvalue weighted by atomic mass is 10.2. The van der Waals surface area contributed by atoms with Crippen LogP contribution < -0.4 is 10.2 Å². The molecule has 0 atom stereocenters. The number of hydrogen-bond donors (Lipinski definition) is 1. The van der Waals surface area contributed by atoms with E-state index in [9.17, 15) is 4.79 Å². The maximum absolute atomic E-state index is 11.7. The molecule has 1 heterocycles. The van der Waals surface area contributed by atoms with Crippen LogP contribution >= 0.6 is 0 Å². The summed E-state index contributed by atoms with van der Waals surface area (Å²) in [6, 6.07) is 7.65. The van der Waals surface area contributed by atoms with Crippen molar-refractivity contribution in [1.29, 1.82) is 0 Å². The first-order valence-electron chi connectivity index (χ1n) is 4.38. The van der Waals surface area contributed by atoms with Crippen LogP contribution in [0.1, 0.15) is 6.92 Å². The zero-order valence-corrected chi connectivity index (χ0v) is 7.95. The highest BCUT2D eigenvalue weighted by molar-refractivity contribution is 6.09. The van der Waals surface area contributed by atoms with E-state index in [-0.39, 0.29) is 5.91 Å². The van der Waals surface area contributed by atoms with Crippen molar-refractivity contribution in [1.82, 2.24) is 0 Å². The fourth-order valence-corrected chi connectivity index (χ4v) is 1.38. The summed E-state index contributed by atoms with van der Waals surface area (Å²) in [6.07, 6.45) is 0. The van der Waals surface area contributed by atoms with Crippen LogP contribution in [0.4, 0.5) is 11.4 Å². The van der Waals surface area contributed by atoms with Crippen molar-refractivity contribution in [3.05, 3.63) is 43.1 Å². The van der Waals surface area contributed by atoms with Gasteiger partial charge >= 0.3 is 0 Å². The third-order valence-electron chi connectivity index (χ3n) is 2.10. The molecule has 71 valence electrons. The molecule has 1 N–H and O–H groups in total. The lowest BCUT2D eigenvalue weighted by molar-refractivity contribution is -0.114. The van der Waals surface area contributed by atoms with E-state index < -0.39 is 0 Å². The zero-order chi connectivity index (χ0) is 10.1. The number of hydrogen-bond acceptors (Lipinski definition) is 2. The van der Waals surface area contributed by atoms with E-state index in [0.29, 0.717) is 5.57 Å². The first-order valence-corrected chi connectivity index (χ1v) is 4.38. The fourth-order valence-electron chi connectivity index (χ4n) is 1.38. The van der Waals surface area contributed by atoms with Crippen molar-refractivity contribution in [2.45, 2.75) is 6.92 Å². The molecule has 3 nitrogen and oxygen atoms in total. The summed E-state index contributed by atoms with van der Waals surface area (Å²) in [5.41, 5.74) is 2.35. The fraction of sp³-hybridized carbons (Fsp3) is 0.0909. The largest absolute Gasteiger partial charge is 0.360 e. The smallest absolute Gasteiger partial charge is 0.255 e. The number of nitrogens with one attached hydrogen (secondary N) is 1. The summed E-state index contributed by atoms with van der Waals surface area (Å²) >= 11 is 0. The monoisotopic (exact) mass is 187 g/mol. The molecule has 0 saturated carbocycles. The Hall–Kier alpha value is -1.77. The number of rotatable bonds is 1. The summed E-state index contributed by atoms with van der Waals surface area (Å²) < 4.78 is 0. The van der Waals surface area contributed by atoms with Gasteiger partial charge in [0.05, 0.1) is 11.4 Å². The highest BCUT2D eigenvalue weighted by Gasteiger charge is 2.24. The average Bonchev–Trinajstić information content (AvgIpc) is 2.60. The minimum absolute atomic E-state index is 0.0811. The van der Waals surface area contributed by atoms with Gasteiger partial charge in [-0.25, -0.2) is 0 Å². The van der Waals surface area contributed by atoms with Crippen LogP contribution in [0.25, 0.3) is 0 Å². The van der Waals surface area contributed by atoms with Crippen LogP contribution in [0.5, 0.6) is 0 Å². The predicted octanol–water partition coefficient (Wildman–Crippen LogP) is 2.14. The van der Waals surface area contributed by atoms with E-state index in [2.05, 4.69) is 11.9 Å². The maximum atomic E-state index is 11.7. The molecule has 0 bridgehead atoms. The molecule has 14 heavy (non-hydrogen) atoms. The molecule has 1 aliphatic rings. The molecule has 1 amide bonds. The lowest BCUT2D eigenvalue weighted by Gasteiger charge is -2.14. The molecule has 0 aromatic heterocycles. The number of benzene rings is 1. The molecule has 0 unspecified atom stereocenters. The molecule has 0 spiro atoms. The van der Waals surface area contributed by atoms with Gasteiger partial charge in [-0.3, -0.25) is 9.69 Å². The van der Waals surface area contributed by atoms with Crippen LogP contribution in [-0.2, 0) is 4.79 Å². The van der Waals surface area contributed by atoms with E-state index in [0.717, 1.165) is 11.4 Å². The van der Waals surface area contributed by atoms with Gasteiger partial charge in [0, 0.05) is 5.57 Å². The van der Waals surface area contributed by atoms with Gasteiger partial charge in [-0.1, -0.05) is 18.7 Å². The van der Waals surface area contributed by atoms with Gasteiger partial charge in [-0.15, -0.1) is 0 Å². The van der Waals surface area contributed by atoms with E-state index in [1.165, 1.54) is 0 Å². The first-order chi connectivity index (χ1) is 6.70.